The van der Waals surface area contributed by atoms with Gasteiger partial charge in [-0.15, -0.1) is 0 Å². The second-order valence-corrected chi connectivity index (χ2v) is 2.17. The van der Waals surface area contributed by atoms with Gasteiger partial charge < -0.3 is 4.74 Å². The minimum Gasteiger partial charge on any atom is -0.427 e. The Balaban J connectivity index is 2.79. The summed E-state index contributed by atoms with van der Waals surface area (Å²) in [6.07, 6.45) is 0. The van der Waals surface area contributed by atoms with Gasteiger partial charge in [-0.05, 0) is 24.6 Å². The van der Waals surface area contributed by atoms with Crippen LogP contribution in [0.25, 0.3) is 0 Å². The molecule has 1 aromatic carbocycles. The Labute approximate surface area is 65.8 Å². The molecule has 0 spiro atoms. The van der Waals surface area contributed by atoms with Crippen molar-refractivity contribution >= 4 is 5.97 Å². The lowest BCUT2D eigenvalue weighted by molar-refractivity contribution is -0.131. The zero-order valence-corrected chi connectivity index (χ0v) is 6.20. The van der Waals surface area contributed by atoms with Crippen molar-refractivity contribution < 1.29 is 9.53 Å². The van der Waals surface area contributed by atoms with E-state index >= 15 is 0 Å². The smallest absolute Gasteiger partial charge is 0.308 e. The fourth-order valence-electron chi connectivity index (χ4n) is 0.744. The van der Waals surface area contributed by atoms with Gasteiger partial charge in [0, 0.05) is 6.92 Å². The Morgan fingerprint density at radius 1 is 1.55 bits per heavy atom. The highest BCUT2D eigenvalue weighted by Crippen LogP contribution is 2.11. The number of rotatable bonds is 1. The predicted molar refractivity (Wildman–Crippen MR) is 41.2 cm³/mol. The van der Waals surface area contributed by atoms with Crippen molar-refractivity contribution in [1.82, 2.24) is 0 Å². The van der Waals surface area contributed by atoms with E-state index in [-0.39, 0.29) is 5.97 Å². The molecular formula is C9H8O2. The van der Waals surface area contributed by atoms with E-state index in [4.69, 9.17) is 11.7 Å². The molecule has 0 fully saturated rings. The van der Waals surface area contributed by atoms with Crippen molar-refractivity contribution in [3.63, 3.8) is 0 Å². The van der Waals surface area contributed by atoms with Crippen LogP contribution in [0.3, 0.4) is 0 Å². The average molecular weight is 148 g/mol. The molecule has 1 rings (SSSR count). The molecule has 56 valence electrons. The summed E-state index contributed by atoms with van der Waals surface area (Å²) in [5.41, 5.74) is 0.587. The van der Waals surface area contributed by atoms with E-state index in [1.807, 2.05) is 0 Å². The zero-order chi connectivity index (χ0) is 8.27. The van der Waals surface area contributed by atoms with Crippen molar-refractivity contribution in [1.29, 1.82) is 0 Å². The molecule has 0 amide bonds. The number of ether oxygens (including phenoxy) is 1. The van der Waals surface area contributed by atoms with Gasteiger partial charge in [-0.25, -0.2) is 0 Å². The summed E-state index contributed by atoms with van der Waals surface area (Å²) in [7, 11) is 0. The number of hydrogen-bond acceptors (Lipinski definition) is 2. The van der Waals surface area contributed by atoms with Crippen molar-refractivity contribution in [3.05, 3.63) is 36.8 Å². The molecule has 0 aromatic heterocycles. The van der Waals surface area contributed by atoms with Gasteiger partial charge in [0.25, 0.3) is 0 Å². The highest BCUT2D eigenvalue weighted by molar-refractivity contribution is 5.69. The molecule has 2 radical (unpaired) electrons. The van der Waals surface area contributed by atoms with Crippen LogP contribution in [0, 0.1) is 6.92 Å². The molecular weight excluding hydrogens is 140 g/mol. The normalized spacial score (nSPS) is 9.27. The Hall–Kier alpha value is -1.31. The summed E-state index contributed by atoms with van der Waals surface area (Å²) in [5, 5.41) is 0. The van der Waals surface area contributed by atoms with E-state index in [2.05, 4.69) is 0 Å². The summed E-state index contributed by atoms with van der Waals surface area (Å²) in [5.74, 6) is 0.146. The predicted octanol–water partition coefficient (Wildman–Crippen LogP) is 1.67. The zero-order valence-electron chi connectivity index (χ0n) is 6.20. The summed E-state index contributed by atoms with van der Waals surface area (Å²) < 4.78 is 4.78. The van der Waals surface area contributed by atoms with Crippen LogP contribution in [0.2, 0.25) is 0 Å². The van der Waals surface area contributed by atoms with Gasteiger partial charge in [-0.1, -0.05) is 12.1 Å². The third-order valence-electron chi connectivity index (χ3n) is 1.12. The van der Waals surface area contributed by atoms with Crippen molar-refractivity contribution in [2.24, 2.45) is 0 Å². The van der Waals surface area contributed by atoms with Crippen LogP contribution in [0.1, 0.15) is 12.5 Å². The third-order valence-corrected chi connectivity index (χ3v) is 1.12. The van der Waals surface area contributed by atoms with E-state index in [9.17, 15) is 4.79 Å². The molecule has 0 atom stereocenters. The third kappa shape index (κ3) is 2.42. The van der Waals surface area contributed by atoms with Crippen LogP contribution in [-0.4, -0.2) is 5.97 Å². The standard InChI is InChI=1S/C9H8O2/c1-7-4-3-5-9(6-7)11-8(2)10/h1,3-6H,2H3. The number of carbonyl (C=O) groups is 1. The molecule has 2 nitrogen and oxygen atoms in total. The van der Waals surface area contributed by atoms with Crippen LogP contribution in [-0.2, 0) is 4.79 Å². The first kappa shape index (κ1) is 7.79. The molecule has 2 heteroatoms. The first-order valence-electron chi connectivity index (χ1n) is 3.22. The van der Waals surface area contributed by atoms with Crippen molar-refractivity contribution in [3.8, 4) is 5.75 Å². The molecule has 0 bridgehead atoms. The van der Waals surface area contributed by atoms with E-state index < -0.39 is 0 Å². The lowest BCUT2D eigenvalue weighted by Crippen LogP contribution is -2.00. The van der Waals surface area contributed by atoms with Gasteiger partial charge in [-0.3, -0.25) is 4.79 Å². The fourth-order valence-corrected chi connectivity index (χ4v) is 0.744. The van der Waals surface area contributed by atoms with Crippen molar-refractivity contribution in [2.75, 3.05) is 0 Å². The van der Waals surface area contributed by atoms with Crippen LogP contribution < -0.4 is 4.74 Å². The Morgan fingerprint density at radius 2 is 2.27 bits per heavy atom. The lowest BCUT2D eigenvalue weighted by atomic mass is 10.2. The fraction of sp³-hybridized carbons (Fsp3) is 0.111. The van der Waals surface area contributed by atoms with E-state index in [1.54, 1.807) is 24.3 Å². The highest BCUT2D eigenvalue weighted by atomic mass is 16.5. The van der Waals surface area contributed by atoms with Gasteiger partial charge in [0.05, 0.1) is 0 Å². The number of hydrogen-bond donors (Lipinski definition) is 0. The Bertz CT molecular complexity index is 266. The van der Waals surface area contributed by atoms with E-state index in [0.717, 1.165) is 0 Å². The Morgan fingerprint density at radius 3 is 2.82 bits per heavy atom. The number of esters is 1. The molecule has 0 heterocycles. The molecule has 0 aliphatic heterocycles. The topological polar surface area (TPSA) is 26.3 Å². The lowest BCUT2D eigenvalue weighted by Gasteiger charge is -2.00. The molecule has 0 N–H and O–H groups in total. The Kier molecular flexibility index (Phi) is 2.26. The molecule has 0 aliphatic rings. The molecule has 0 aliphatic carbocycles. The first-order valence-corrected chi connectivity index (χ1v) is 3.22. The number of benzene rings is 1. The summed E-state index contributed by atoms with van der Waals surface area (Å²) in [6, 6.07) is 6.74. The molecule has 1 aromatic rings. The summed E-state index contributed by atoms with van der Waals surface area (Å²) >= 11 is 0. The van der Waals surface area contributed by atoms with Gasteiger partial charge in [0.2, 0.25) is 0 Å². The molecule has 0 unspecified atom stereocenters. The van der Waals surface area contributed by atoms with Gasteiger partial charge in [0.15, 0.2) is 0 Å². The van der Waals surface area contributed by atoms with Crippen LogP contribution in [0.4, 0.5) is 0 Å². The van der Waals surface area contributed by atoms with Gasteiger partial charge >= 0.3 is 5.97 Å². The maximum absolute atomic E-state index is 10.5. The minimum absolute atomic E-state index is 0.337. The quantitative estimate of drug-likeness (QED) is 0.447. The van der Waals surface area contributed by atoms with Crippen LogP contribution in [0.15, 0.2) is 24.3 Å². The average Bonchev–Trinajstić information content (AvgIpc) is 1.85. The van der Waals surface area contributed by atoms with Crippen LogP contribution >= 0.6 is 0 Å². The van der Waals surface area contributed by atoms with Crippen molar-refractivity contribution in [2.45, 2.75) is 6.92 Å². The minimum atomic E-state index is -0.337. The van der Waals surface area contributed by atoms with Gasteiger partial charge in [-0.2, -0.15) is 0 Å². The molecule has 11 heavy (non-hydrogen) atoms. The van der Waals surface area contributed by atoms with Crippen LogP contribution in [0.5, 0.6) is 5.75 Å². The largest absolute Gasteiger partial charge is 0.427 e. The van der Waals surface area contributed by atoms with Gasteiger partial charge in [0.1, 0.15) is 5.75 Å². The maximum Gasteiger partial charge on any atom is 0.308 e. The summed E-state index contributed by atoms with van der Waals surface area (Å²) in [4.78, 5) is 10.5. The summed E-state index contributed by atoms with van der Waals surface area (Å²) in [6.45, 7) is 6.79. The van der Waals surface area contributed by atoms with E-state index in [0.29, 0.717) is 11.3 Å². The van der Waals surface area contributed by atoms with E-state index in [1.165, 1.54) is 6.92 Å². The first-order chi connectivity index (χ1) is 5.18. The second-order valence-electron chi connectivity index (χ2n) is 2.17. The monoisotopic (exact) mass is 148 g/mol. The molecule has 0 saturated carbocycles. The molecule has 0 saturated heterocycles. The SMILES string of the molecule is [CH]c1cccc(OC(C)=O)c1. The number of carbonyl (C=O) groups excluding carboxylic acids is 1. The maximum atomic E-state index is 10.5. The highest BCUT2D eigenvalue weighted by Gasteiger charge is 1.95. The second kappa shape index (κ2) is 3.19.